The van der Waals surface area contributed by atoms with Gasteiger partial charge in [-0.2, -0.15) is 0 Å². The standard InChI is InChI=1S/C13H29N/c1-7-9-12(8-2)14-10-13(5,6)11(3)4/h11-12,14H,7-10H2,1-6H3. The van der Waals surface area contributed by atoms with Gasteiger partial charge in [0, 0.05) is 12.6 Å². The average Bonchev–Trinajstić information content (AvgIpc) is 2.12. The van der Waals surface area contributed by atoms with Crippen molar-refractivity contribution in [3.8, 4) is 0 Å². The lowest BCUT2D eigenvalue weighted by Crippen LogP contribution is -2.39. The van der Waals surface area contributed by atoms with Gasteiger partial charge in [0.25, 0.3) is 0 Å². The summed E-state index contributed by atoms with van der Waals surface area (Å²) in [4.78, 5) is 0. The van der Waals surface area contributed by atoms with Crippen molar-refractivity contribution in [3.63, 3.8) is 0 Å². The van der Waals surface area contributed by atoms with Gasteiger partial charge in [-0.1, -0.05) is 48.0 Å². The summed E-state index contributed by atoms with van der Waals surface area (Å²) < 4.78 is 0. The van der Waals surface area contributed by atoms with Crippen molar-refractivity contribution < 1.29 is 0 Å². The van der Waals surface area contributed by atoms with Crippen molar-refractivity contribution in [1.29, 1.82) is 0 Å². The third kappa shape index (κ3) is 4.99. The summed E-state index contributed by atoms with van der Waals surface area (Å²) in [6.45, 7) is 15.0. The van der Waals surface area contributed by atoms with Crippen LogP contribution in [0.4, 0.5) is 0 Å². The fourth-order valence-electron chi connectivity index (χ4n) is 1.41. The summed E-state index contributed by atoms with van der Waals surface area (Å²) in [5.74, 6) is 0.745. The van der Waals surface area contributed by atoms with Crippen LogP contribution >= 0.6 is 0 Å². The smallest absolute Gasteiger partial charge is 0.00645 e. The van der Waals surface area contributed by atoms with Crippen LogP contribution in [0.1, 0.15) is 60.8 Å². The van der Waals surface area contributed by atoms with Gasteiger partial charge in [-0.15, -0.1) is 0 Å². The lowest BCUT2D eigenvalue weighted by Gasteiger charge is -2.31. The van der Waals surface area contributed by atoms with Crippen molar-refractivity contribution in [2.24, 2.45) is 11.3 Å². The lowest BCUT2D eigenvalue weighted by molar-refractivity contribution is 0.224. The zero-order valence-electron chi connectivity index (χ0n) is 11.0. The maximum Gasteiger partial charge on any atom is 0.00645 e. The number of rotatable bonds is 7. The van der Waals surface area contributed by atoms with Crippen LogP contribution in [-0.2, 0) is 0 Å². The van der Waals surface area contributed by atoms with Crippen LogP contribution in [0.2, 0.25) is 0 Å². The lowest BCUT2D eigenvalue weighted by atomic mass is 9.81. The Morgan fingerprint density at radius 2 is 1.71 bits per heavy atom. The molecule has 86 valence electrons. The van der Waals surface area contributed by atoms with E-state index < -0.39 is 0 Å². The van der Waals surface area contributed by atoms with Crippen LogP contribution in [0.5, 0.6) is 0 Å². The van der Waals surface area contributed by atoms with E-state index >= 15 is 0 Å². The van der Waals surface area contributed by atoms with Crippen LogP contribution < -0.4 is 5.32 Å². The van der Waals surface area contributed by atoms with Crippen LogP contribution in [0.25, 0.3) is 0 Å². The third-order valence-electron chi connectivity index (χ3n) is 3.54. The van der Waals surface area contributed by atoms with Crippen LogP contribution in [0.15, 0.2) is 0 Å². The summed E-state index contributed by atoms with van der Waals surface area (Å²) in [5, 5.41) is 3.69. The van der Waals surface area contributed by atoms with Crippen molar-refractivity contribution in [2.75, 3.05) is 6.54 Å². The highest BCUT2D eigenvalue weighted by Crippen LogP contribution is 2.25. The van der Waals surface area contributed by atoms with Crippen molar-refractivity contribution in [2.45, 2.75) is 66.8 Å². The number of nitrogens with one attached hydrogen (secondary N) is 1. The molecule has 0 aliphatic rings. The molecule has 1 nitrogen and oxygen atoms in total. The quantitative estimate of drug-likeness (QED) is 0.657. The largest absolute Gasteiger partial charge is 0.313 e. The fourth-order valence-corrected chi connectivity index (χ4v) is 1.41. The molecule has 0 heterocycles. The molecule has 1 unspecified atom stereocenters. The molecule has 0 aromatic carbocycles. The molecule has 0 radical (unpaired) electrons. The summed E-state index contributed by atoms with van der Waals surface area (Å²) in [7, 11) is 0. The monoisotopic (exact) mass is 199 g/mol. The molecule has 0 aromatic heterocycles. The highest BCUT2D eigenvalue weighted by Gasteiger charge is 2.22. The second-order valence-electron chi connectivity index (χ2n) is 5.42. The molecular formula is C13H29N. The van der Waals surface area contributed by atoms with Gasteiger partial charge in [0.15, 0.2) is 0 Å². The van der Waals surface area contributed by atoms with E-state index in [1.807, 2.05) is 0 Å². The van der Waals surface area contributed by atoms with Crippen molar-refractivity contribution in [1.82, 2.24) is 5.32 Å². The van der Waals surface area contributed by atoms with Gasteiger partial charge in [-0.25, -0.2) is 0 Å². The molecule has 0 bridgehead atoms. The minimum Gasteiger partial charge on any atom is -0.313 e. The molecule has 0 spiro atoms. The molecule has 0 saturated carbocycles. The maximum atomic E-state index is 3.69. The zero-order chi connectivity index (χ0) is 11.2. The highest BCUT2D eigenvalue weighted by atomic mass is 14.9. The molecule has 0 aliphatic carbocycles. The van der Waals surface area contributed by atoms with Crippen molar-refractivity contribution >= 4 is 0 Å². The van der Waals surface area contributed by atoms with Gasteiger partial charge >= 0.3 is 0 Å². The first-order valence-corrected chi connectivity index (χ1v) is 6.17. The van der Waals surface area contributed by atoms with Gasteiger partial charge in [-0.05, 0) is 24.2 Å². The Kier molecular flexibility index (Phi) is 6.43. The first-order valence-electron chi connectivity index (χ1n) is 6.17. The van der Waals surface area contributed by atoms with E-state index in [0.29, 0.717) is 5.41 Å². The number of hydrogen-bond acceptors (Lipinski definition) is 1. The van der Waals surface area contributed by atoms with E-state index in [1.165, 1.54) is 19.3 Å². The topological polar surface area (TPSA) is 12.0 Å². The van der Waals surface area contributed by atoms with E-state index in [0.717, 1.165) is 18.5 Å². The van der Waals surface area contributed by atoms with Gasteiger partial charge in [0.2, 0.25) is 0 Å². The molecule has 14 heavy (non-hydrogen) atoms. The molecule has 1 heteroatoms. The first-order chi connectivity index (χ1) is 6.44. The Morgan fingerprint density at radius 1 is 1.14 bits per heavy atom. The maximum absolute atomic E-state index is 3.69. The van der Waals surface area contributed by atoms with Crippen LogP contribution in [0, 0.1) is 11.3 Å². The Balaban J connectivity index is 3.89. The number of hydrogen-bond donors (Lipinski definition) is 1. The summed E-state index contributed by atoms with van der Waals surface area (Å²) >= 11 is 0. The molecule has 1 N–H and O–H groups in total. The van der Waals surface area contributed by atoms with Gasteiger partial charge < -0.3 is 5.32 Å². The molecule has 0 aliphatic heterocycles. The Morgan fingerprint density at radius 3 is 2.07 bits per heavy atom. The second-order valence-corrected chi connectivity index (χ2v) is 5.42. The predicted octanol–water partition coefficient (Wildman–Crippen LogP) is 3.84. The van der Waals surface area contributed by atoms with E-state index in [1.54, 1.807) is 0 Å². The average molecular weight is 199 g/mol. The van der Waals surface area contributed by atoms with Gasteiger partial charge in [0.1, 0.15) is 0 Å². The van der Waals surface area contributed by atoms with E-state index in [-0.39, 0.29) is 0 Å². The zero-order valence-corrected chi connectivity index (χ0v) is 11.0. The summed E-state index contributed by atoms with van der Waals surface area (Å²) in [6, 6.07) is 0.720. The van der Waals surface area contributed by atoms with Crippen LogP contribution in [0.3, 0.4) is 0 Å². The SMILES string of the molecule is CCCC(CC)NCC(C)(C)C(C)C. The Bertz CT molecular complexity index is 138. The molecule has 0 amide bonds. The minimum atomic E-state index is 0.418. The second kappa shape index (κ2) is 6.44. The molecule has 1 atom stereocenters. The molecule has 0 rings (SSSR count). The summed E-state index contributed by atoms with van der Waals surface area (Å²) in [6.07, 6.45) is 3.85. The van der Waals surface area contributed by atoms with E-state index in [9.17, 15) is 0 Å². The van der Waals surface area contributed by atoms with Crippen LogP contribution in [-0.4, -0.2) is 12.6 Å². The Labute approximate surface area is 90.7 Å². The normalized spacial score (nSPS) is 14.8. The summed E-state index contributed by atoms with van der Waals surface area (Å²) in [5.41, 5.74) is 0.418. The van der Waals surface area contributed by atoms with Gasteiger partial charge in [-0.3, -0.25) is 0 Å². The Hall–Kier alpha value is -0.0400. The van der Waals surface area contributed by atoms with E-state index in [4.69, 9.17) is 0 Å². The molecule has 0 aromatic rings. The molecular weight excluding hydrogens is 170 g/mol. The predicted molar refractivity (Wildman–Crippen MR) is 65.6 cm³/mol. The first kappa shape index (κ1) is 14.0. The highest BCUT2D eigenvalue weighted by molar-refractivity contribution is 4.77. The fraction of sp³-hybridized carbons (Fsp3) is 1.00. The molecule has 0 saturated heterocycles. The minimum absolute atomic E-state index is 0.418. The van der Waals surface area contributed by atoms with E-state index in [2.05, 4.69) is 46.9 Å². The van der Waals surface area contributed by atoms with Gasteiger partial charge in [0.05, 0.1) is 0 Å². The third-order valence-corrected chi connectivity index (χ3v) is 3.54. The van der Waals surface area contributed by atoms with Crippen molar-refractivity contribution in [3.05, 3.63) is 0 Å². The molecule has 0 fully saturated rings.